The number of halogens is 1. The van der Waals surface area contributed by atoms with E-state index in [0.29, 0.717) is 19.0 Å². The highest BCUT2D eigenvalue weighted by atomic mass is 32.1. The summed E-state index contributed by atoms with van der Waals surface area (Å²) in [7, 11) is 1.71. The average Bonchev–Trinajstić information content (AvgIpc) is 3.06. The molecule has 142 valence electrons. The molecule has 1 heterocycles. The van der Waals surface area contributed by atoms with E-state index >= 15 is 0 Å². The SMILES string of the molecule is CN=C(NCc1nc(C(C)(C)C)cs1)NCC(C)Oc1ccccc1F. The number of nitrogens with zero attached hydrogens (tertiary/aromatic N) is 2. The Balaban J connectivity index is 1.80. The number of guanidine groups is 1. The number of aromatic nitrogens is 1. The summed E-state index contributed by atoms with van der Waals surface area (Å²) in [5.74, 6) is 0.545. The molecule has 0 fully saturated rings. The van der Waals surface area contributed by atoms with E-state index in [9.17, 15) is 4.39 Å². The van der Waals surface area contributed by atoms with Crippen molar-refractivity contribution in [3.05, 3.63) is 46.2 Å². The zero-order valence-electron chi connectivity index (χ0n) is 16.0. The number of thiazole rings is 1. The quantitative estimate of drug-likeness (QED) is 0.594. The van der Waals surface area contributed by atoms with Gasteiger partial charge in [0.1, 0.15) is 11.1 Å². The predicted octanol–water partition coefficient (Wildman–Crippen LogP) is 3.71. The smallest absolute Gasteiger partial charge is 0.191 e. The molecule has 0 amide bonds. The molecule has 0 radical (unpaired) electrons. The third-order valence-corrected chi connectivity index (χ3v) is 4.52. The normalized spacial score (nSPS) is 13.4. The topological polar surface area (TPSA) is 58.5 Å². The van der Waals surface area contributed by atoms with Gasteiger partial charge in [0, 0.05) is 17.8 Å². The van der Waals surface area contributed by atoms with Gasteiger partial charge in [0.15, 0.2) is 17.5 Å². The minimum absolute atomic E-state index is 0.0498. The first kappa shape index (κ1) is 20.2. The van der Waals surface area contributed by atoms with Crippen molar-refractivity contribution in [3.8, 4) is 5.75 Å². The zero-order chi connectivity index (χ0) is 19.2. The van der Waals surface area contributed by atoms with Crippen molar-refractivity contribution in [3.63, 3.8) is 0 Å². The Bertz CT molecular complexity index is 739. The monoisotopic (exact) mass is 378 g/mol. The lowest BCUT2D eigenvalue weighted by atomic mass is 9.93. The predicted molar refractivity (Wildman–Crippen MR) is 106 cm³/mol. The highest BCUT2D eigenvalue weighted by Gasteiger charge is 2.17. The van der Waals surface area contributed by atoms with Gasteiger partial charge in [0.2, 0.25) is 0 Å². The lowest BCUT2D eigenvalue weighted by molar-refractivity contribution is 0.214. The van der Waals surface area contributed by atoms with E-state index in [4.69, 9.17) is 4.74 Å². The molecule has 5 nitrogen and oxygen atoms in total. The standard InChI is InChI=1S/C19H27FN4OS/c1-13(25-15-9-7-6-8-14(15)20)10-22-18(21-5)23-11-17-24-16(12-26-17)19(2,3)4/h6-9,12-13H,10-11H2,1-5H3,(H2,21,22,23). The lowest BCUT2D eigenvalue weighted by Gasteiger charge is -2.18. The fourth-order valence-electron chi connectivity index (χ4n) is 2.16. The summed E-state index contributed by atoms with van der Waals surface area (Å²) >= 11 is 1.63. The van der Waals surface area contributed by atoms with Crippen LogP contribution in [0.15, 0.2) is 34.6 Å². The fraction of sp³-hybridized carbons (Fsp3) is 0.474. The molecular formula is C19H27FN4OS. The molecule has 7 heteroatoms. The minimum atomic E-state index is -0.361. The summed E-state index contributed by atoms with van der Waals surface area (Å²) in [5.41, 5.74) is 1.14. The van der Waals surface area contributed by atoms with Crippen molar-refractivity contribution in [2.24, 2.45) is 4.99 Å². The van der Waals surface area contributed by atoms with Crippen LogP contribution in [0.4, 0.5) is 4.39 Å². The molecule has 0 aliphatic rings. The van der Waals surface area contributed by atoms with E-state index in [1.807, 2.05) is 6.92 Å². The van der Waals surface area contributed by atoms with Crippen LogP contribution in [-0.2, 0) is 12.0 Å². The number of ether oxygens (including phenoxy) is 1. The van der Waals surface area contributed by atoms with Crippen molar-refractivity contribution >= 4 is 17.3 Å². The lowest BCUT2D eigenvalue weighted by Crippen LogP contribution is -2.41. The van der Waals surface area contributed by atoms with Gasteiger partial charge in [-0.3, -0.25) is 4.99 Å². The van der Waals surface area contributed by atoms with Gasteiger partial charge in [0.05, 0.1) is 18.8 Å². The van der Waals surface area contributed by atoms with Crippen LogP contribution in [0.2, 0.25) is 0 Å². The van der Waals surface area contributed by atoms with Crippen molar-refractivity contribution < 1.29 is 9.13 Å². The van der Waals surface area contributed by atoms with E-state index < -0.39 is 0 Å². The minimum Gasteiger partial charge on any atom is -0.486 e. The van der Waals surface area contributed by atoms with Crippen LogP contribution in [0.1, 0.15) is 38.4 Å². The molecule has 0 saturated heterocycles. The number of hydrogen-bond acceptors (Lipinski definition) is 4. The molecule has 1 atom stereocenters. The molecule has 1 unspecified atom stereocenters. The highest BCUT2D eigenvalue weighted by molar-refractivity contribution is 7.09. The molecule has 0 aliphatic heterocycles. The van der Waals surface area contributed by atoms with Crippen LogP contribution in [0.3, 0.4) is 0 Å². The molecule has 26 heavy (non-hydrogen) atoms. The first-order chi connectivity index (χ1) is 12.3. The van der Waals surface area contributed by atoms with Crippen molar-refractivity contribution in [1.29, 1.82) is 0 Å². The van der Waals surface area contributed by atoms with Gasteiger partial charge >= 0.3 is 0 Å². The van der Waals surface area contributed by atoms with E-state index in [2.05, 4.69) is 46.8 Å². The molecule has 0 saturated carbocycles. The summed E-state index contributed by atoms with van der Waals surface area (Å²) in [6.07, 6.45) is -0.210. The molecule has 0 bridgehead atoms. The number of benzene rings is 1. The molecule has 1 aromatic carbocycles. The van der Waals surface area contributed by atoms with Gasteiger partial charge < -0.3 is 15.4 Å². The van der Waals surface area contributed by atoms with Gasteiger partial charge in [-0.05, 0) is 19.1 Å². The molecular weight excluding hydrogens is 351 g/mol. The highest BCUT2D eigenvalue weighted by Crippen LogP contribution is 2.23. The second kappa shape index (κ2) is 8.98. The van der Waals surface area contributed by atoms with E-state index in [1.54, 1.807) is 36.6 Å². The zero-order valence-corrected chi connectivity index (χ0v) is 16.8. The average molecular weight is 379 g/mol. The second-order valence-electron chi connectivity index (χ2n) is 7.04. The number of rotatable bonds is 6. The van der Waals surface area contributed by atoms with Crippen LogP contribution >= 0.6 is 11.3 Å². The van der Waals surface area contributed by atoms with Gasteiger partial charge in [-0.2, -0.15) is 0 Å². The van der Waals surface area contributed by atoms with Crippen molar-refractivity contribution in [2.75, 3.05) is 13.6 Å². The van der Waals surface area contributed by atoms with Crippen molar-refractivity contribution in [1.82, 2.24) is 15.6 Å². The molecule has 0 aliphatic carbocycles. The number of nitrogens with one attached hydrogen (secondary N) is 2. The van der Waals surface area contributed by atoms with Gasteiger partial charge in [-0.1, -0.05) is 32.9 Å². The Hall–Kier alpha value is -2.15. The van der Waals surface area contributed by atoms with Gasteiger partial charge in [-0.25, -0.2) is 9.37 Å². The first-order valence-electron chi connectivity index (χ1n) is 8.60. The van der Waals surface area contributed by atoms with E-state index in [-0.39, 0.29) is 23.1 Å². The van der Waals surface area contributed by atoms with Crippen LogP contribution in [0, 0.1) is 5.82 Å². The van der Waals surface area contributed by atoms with Crippen LogP contribution in [0.25, 0.3) is 0 Å². The number of hydrogen-bond donors (Lipinski definition) is 2. The number of para-hydroxylation sites is 1. The summed E-state index contributed by atoms with van der Waals surface area (Å²) in [6.45, 7) is 9.43. The maximum Gasteiger partial charge on any atom is 0.191 e. The number of aliphatic imine (C=N–C) groups is 1. The third kappa shape index (κ3) is 5.98. The molecule has 2 rings (SSSR count). The Labute approximate surface area is 158 Å². The first-order valence-corrected chi connectivity index (χ1v) is 9.48. The molecule has 1 aromatic heterocycles. The van der Waals surface area contributed by atoms with E-state index in [0.717, 1.165) is 10.7 Å². The van der Waals surface area contributed by atoms with Gasteiger partial charge in [-0.15, -0.1) is 11.3 Å². The molecule has 2 aromatic rings. The Morgan fingerprint density at radius 3 is 2.65 bits per heavy atom. The summed E-state index contributed by atoms with van der Waals surface area (Å²) < 4.78 is 19.2. The Morgan fingerprint density at radius 2 is 2.04 bits per heavy atom. The second-order valence-corrected chi connectivity index (χ2v) is 7.98. The largest absolute Gasteiger partial charge is 0.486 e. The Morgan fingerprint density at radius 1 is 1.31 bits per heavy atom. The maximum absolute atomic E-state index is 13.6. The van der Waals surface area contributed by atoms with E-state index in [1.165, 1.54) is 6.07 Å². The summed E-state index contributed by atoms with van der Waals surface area (Å²) in [4.78, 5) is 8.85. The van der Waals surface area contributed by atoms with Gasteiger partial charge in [0.25, 0.3) is 0 Å². The third-order valence-electron chi connectivity index (χ3n) is 3.67. The molecule has 2 N–H and O–H groups in total. The molecule has 0 spiro atoms. The summed E-state index contributed by atoms with van der Waals surface area (Å²) in [5, 5.41) is 9.53. The van der Waals surface area contributed by atoms with Crippen LogP contribution in [0.5, 0.6) is 5.75 Å². The van der Waals surface area contributed by atoms with Crippen LogP contribution < -0.4 is 15.4 Å². The van der Waals surface area contributed by atoms with Crippen molar-refractivity contribution in [2.45, 2.75) is 45.8 Å². The summed E-state index contributed by atoms with van der Waals surface area (Å²) in [6, 6.07) is 6.39. The Kier molecular flexibility index (Phi) is 6.97. The fourth-order valence-corrected chi connectivity index (χ4v) is 3.12. The maximum atomic E-state index is 13.6. The van der Waals surface area contributed by atoms with Crippen LogP contribution in [-0.4, -0.2) is 30.6 Å².